The molecule has 2 amide bonds. The Labute approximate surface area is 157 Å². The fraction of sp³-hybridized carbons (Fsp3) is 0.300. The first kappa shape index (κ1) is 18.3. The van der Waals surface area contributed by atoms with Gasteiger partial charge >= 0.3 is 0 Å². The van der Waals surface area contributed by atoms with Crippen LogP contribution in [-0.4, -0.2) is 29.3 Å². The number of benzene rings is 2. The van der Waals surface area contributed by atoms with Crippen molar-refractivity contribution >= 4 is 29.1 Å². The second-order valence-corrected chi connectivity index (χ2v) is 6.80. The van der Waals surface area contributed by atoms with Gasteiger partial charge in [-0.2, -0.15) is 0 Å². The van der Waals surface area contributed by atoms with E-state index in [1.165, 1.54) is 6.92 Å². The summed E-state index contributed by atoms with van der Waals surface area (Å²) in [5.74, 6) is 0.455. The summed E-state index contributed by atoms with van der Waals surface area (Å²) in [6.07, 6.45) is 1.96. The van der Waals surface area contributed by atoms with Gasteiger partial charge in [0.2, 0.25) is 11.8 Å². The van der Waals surface area contributed by atoms with Gasteiger partial charge in [-0.1, -0.05) is 23.7 Å². The van der Waals surface area contributed by atoms with Gasteiger partial charge < -0.3 is 15.0 Å². The number of carbonyl (C=O) groups excluding carboxylic acids is 2. The third-order valence-corrected chi connectivity index (χ3v) is 4.41. The molecule has 26 heavy (non-hydrogen) atoms. The van der Waals surface area contributed by atoms with Crippen LogP contribution in [0.15, 0.2) is 48.5 Å². The van der Waals surface area contributed by atoms with E-state index >= 15 is 0 Å². The van der Waals surface area contributed by atoms with E-state index in [0.717, 1.165) is 18.4 Å². The van der Waals surface area contributed by atoms with Crippen LogP contribution in [0.1, 0.15) is 25.3 Å². The van der Waals surface area contributed by atoms with Crippen molar-refractivity contribution < 1.29 is 14.3 Å². The van der Waals surface area contributed by atoms with E-state index in [1.807, 2.05) is 24.3 Å². The predicted octanol–water partition coefficient (Wildman–Crippen LogP) is 3.87. The van der Waals surface area contributed by atoms with Gasteiger partial charge in [-0.3, -0.25) is 9.59 Å². The van der Waals surface area contributed by atoms with Crippen molar-refractivity contribution in [2.45, 2.75) is 32.4 Å². The van der Waals surface area contributed by atoms with Crippen LogP contribution in [0.2, 0.25) is 5.02 Å². The summed E-state index contributed by atoms with van der Waals surface area (Å²) >= 11 is 5.86. The Balaban J connectivity index is 1.49. The molecule has 0 aromatic heterocycles. The van der Waals surface area contributed by atoms with Gasteiger partial charge in [-0.25, -0.2) is 0 Å². The molecule has 2 aromatic carbocycles. The predicted molar refractivity (Wildman–Crippen MR) is 101 cm³/mol. The van der Waals surface area contributed by atoms with E-state index in [-0.39, 0.29) is 24.4 Å². The van der Waals surface area contributed by atoms with Gasteiger partial charge in [-0.15, -0.1) is 0 Å². The maximum atomic E-state index is 12.1. The molecule has 1 aliphatic rings. The van der Waals surface area contributed by atoms with Crippen molar-refractivity contribution in [3.05, 3.63) is 59.1 Å². The number of amides is 2. The number of hydrogen-bond donors (Lipinski definition) is 1. The first-order valence-electron chi connectivity index (χ1n) is 8.55. The number of ether oxygens (including phenoxy) is 1. The molecule has 3 rings (SSSR count). The zero-order chi connectivity index (χ0) is 18.5. The van der Waals surface area contributed by atoms with Crippen molar-refractivity contribution in [3.63, 3.8) is 0 Å². The van der Waals surface area contributed by atoms with Gasteiger partial charge in [0, 0.05) is 23.7 Å². The van der Waals surface area contributed by atoms with Gasteiger partial charge in [0.1, 0.15) is 18.9 Å². The molecule has 0 aliphatic heterocycles. The molecule has 136 valence electrons. The molecule has 2 aromatic rings. The fourth-order valence-corrected chi connectivity index (χ4v) is 2.75. The minimum absolute atomic E-state index is 0.0615. The lowest BCUT2D eigenvalue weighted by atomic mass is 10.2. The highest BCUT2D eigenvalue weighted by molar-refractivity contribution is 6.30. The van der Waals surface area contributed by atoms with Gasteiger partial charge in [0.25, 0.3) is 0 Å². The fourth-order valence-electron chi connectivity index (χ4n) is 2.62. The molecular formula is C20H21ClN2O3. The van der Waals surface area contributed by atoms with Crippen molar-refractivity contribution in [2.75, 3.05) is 11.9 Å². The Morgan fingerprint density at radius 1 is 1.12 bits per heavy atom. The Bertz CT molecular complexity index is 771. The largest absolute Gasteiger partial charge is 0.489 e. The summed E-state index contributed by atoms with van der Waals surface area (Å²) in [4.78, 5) is 25.3. The Morgan fingerprint density at radius 2 is 1.77 bits per heavy atom. The van der Waals surface area contributed by atoms with Crippen LogP contribution in [0.5, 0.6) is 5.75 Å². The van der Waals surface area contributed by atoms with Crippen LogP contribution < -0.4 is 10.1 Å². The van der Waals surface area contributed by atoms with E-state index in [0.29, 0.717) is 23.1 Å². The first-order valence-corrected chi connectivity index (χ1v) is 8.93. The number of nitrogens with one attached hydrogen (secondary N) is 1. The van der Waals surface area contributed by atoms with Crippen molar-refractivity contribution in [1.82, 2.24) is 4.90 Å². The maximum Gasteiger partial charge on any atom is 0.244 e. The normalized spacial score (nSPS) is 13.2. The number of anilines is 1. The van der Waals surface area contributed by atoms with Crippen molar-refractivity contribution in [2.24, 2.45) is 0 Å². The van der Waals surface area contributed by atoms with Gasteiger partial charge in [0.05, 0.1) is 0 Å². The minimum Gasteiger partial charge on any atom is -0.489 e. The highest BCUT2D eigenvalue weighted by Crippen LogP contribution is 2.26. The number of carbonyl (C=O) groups is 2. The third-order valence-electron chi connectivity index (χ3n) is 4.16. The van der Waals surface area contributed by atoms with Crippen LogP contribution in [0.25, 0.3) is 0 Å². The zero-order valence-electron chi connectivity index (χ0n) is 14.6. The molecule has 1 aliphatic carbocycles. The maximum absolute atomic E-state index is 12.1. The molecular weight excluding hydrogens is 352 g/mol. The smallest absolute Gasteiger partial charge is 0.244 e. The molecule has 0 unspecified atom stereocenters. The summed E-state index contributed by atoms with van der Waals surface area (Å²) in [6.45, 7) is 2.03. The second kappa shape index (κ2) is 8.23. The van der Waals surface area contributed by atoms with Crippen LogP contribution in [0.4, 0.5) is 5.69 Å². The van der Waals surface area contributed by atoms with Crippen LogP contribution >= 0.6 is 11.6 Å². The quantitative estimate of drug-likeness (QED) is 0.802. The van der Waals surface area contributed by atoms with Gasteiger partial charge in [0.15, 0.2) is 0 Å². The molecule has 5 nitrogen and oxygen atoms in total. The molecule has 0 heterocycles. The monoisotopic (exact) mass is 372 g/mol. The molecule has 6 heteroatoms. The summed E-state index contributed by atoms with van der Waals surface area (Å²) in [5, 5.41) is 3.51. The van der Waals surface area contributed by atoms with Gasteiger partial charge in [-0.05, 0) is 54.8 Å². The highest BCUT2D eigenvalue weighted by atomic mass is 35.5. The lowest BCUT2D eigenvalue weighted by molar-refractivity contribution is -0.133. The van der Waals surface area contributed by atoms with E-state index in [1.54, 1.807) is 29.2 Å². The number of rotatable bonds is 7. The third kappa shape index (κ3) is 5.23. The molecule has 1 saturated carbocycles. The molecule has 0 atom stereocenters. The summed E-state index contributed by atoms with van der Waals surface area (Å²) in [5.41, 5.74) is 1.70. The zero-order valence-corrected chi connectivity index (χ0v) is 15.3. The van der Waals surface area contributed by atoms with Crippen LogP contribution in [0, 0.1) is 0 Å². The topological polar surface area (TPSA) is 58.6 Å². The molecule has 0 spiro atoms. The van der Waals surface area contributed by atoms with E-state index in [2.05, 4.69) is 5.32 Å². The number of nitrogens with zero attached hydrogens (tertiary/aromatic N) is 1. The molecule has 0 bridgehead atoms. The highest BCUT2D eigenvalue weighted by Gasteiger charge is 2.31. The Kier molecular flexibility index (Phi) is 5.78. The first-order chi connectivity index (χ1) is 12.5. The Morgan fingerprint density at radius 3 is 2.35 bits per heavy atom. The van der Waals surface area contributed by atoms with Crippen LogP contribution in [-0.2, 0) is 16.2 Å². The van der Waals surface area contributed by atoms with Crippen LogP contribution in [0.3, 0.4) is 0 Å². The van der Waals surface area contributed by atoms with Crippen molar-refractivity contribution in [1.29, 1.82) is 0 Å². The molecule has 1 N–H and O–H groups in total. The minimum atomic E-state index is -0.193. The number of halogens is 1. The lowest BCUT2D eigenvalue weighted by Crippen LogP contribution is -2.38. The summed E-state index contributed by atoms with van der Waals surface area (Å²) in [6, 6.07) is 14.9. The summed E-state index contributed by atoms with van der Waals surface area (Å²) in [7, 11) is 0. The standard InChI is InChI=1S/C20H21ClN2O3/c1-14(24)23(18-8-9-18)12-20(25)22-17-6-10-19(11-7-17)26-13-15-2-4-16(21)5-3-15/h2-7,10-11,18H,8-9,12-13H2,1H3,(H,22,25). The average Bonchev–Trinajstić information content (AvgIpc) is 3.45. The van der Waals surface area contributed by atoms with Crippen molar-refractivity contribution in [3.8, 4) is 5.75 Å². The van der Waals surface area contributed by atoms with E-state index < -0.39 is 0 Å². The molecule has 1 fully saturated rings. The van der Waals surface area contributed by atoms with E-state index in [4.69, 9.17) is 16.3 Å². The number of hydrogen-bond acceptors (Lipinski definition) is 3. The Hall–Kier alpha value is -2.53. The molecule has 0 saturated heterocycles. The summed E-state index contributed by atoms with van der Waals surface area (Å²) < 4.78 is 5.72. The average molecular weight is 373 g/mol. The second-order valence-electron chi connectivity index (χ2n) is 6.37. The lowest BCUT2D eigenvalue weighted by Gasteiger charge is -2.19. The molecule has 0 radical (unpaired) electrons. The SMILES string of the molecule is CC(=O)N(CC(=O)Nc1ccc(OCc2ccc(Cl)cc2)cc1)C1CC1. The van der Waals surface area contributed by atoms with E-state index in [9.17, 15) is 9.59 Å².